The Hall–Kier alpha value is -2.38. The molecule has 0 bridgehead atoms. The van der Waals surface area contributed by atoms with E-state index in [9.17, 15) is 13.2 Å². The lowest BCUT2D eigenvalue weighted by atomic mass is 9.98. The van der Waals surface area contributed by atoms with Crippen molar-refractivity contribution >= 4 is 21.6 Å². The molecule has 2 aromatic carbocycles. The van der Waals surface area contributed by atoms with E-state index in [0.29, 0.717) is 25.1 Å². The highest BCUT2D eigenvalue weighted by atomic mass is 32.2. The first kappa shape index (κ1) is 20.4. The zero-order chi connectivity index (χ0) is 20.3. The Morgan fingerprint density at radius 2 is 1.89 bits per heavy atom. The van der Waals surface area contributed by atoms with Crippen molar-refractivity contribution < 1.29 is 17.9 Å². The normalized spacial score (nSPS) is 17.9. The molecule has 0 saturated carbocycles. The van der Waals surface area contributed by atoms with Gasteiger partial charge in [-0.25, -0.2) is 8.42 Å². The number of carbonyl (C=O) groups excluding carboxylic acids is 1. The minimum absolute atomic E-state index is 0.139. The van der Waals surface area contributed by atoms with Gasteiger partial charge in [0.05, 0.1) is 17.9 Å². The second-order valence-electron chi connectivity index (χ2n) is 7.14. The predicted octanol–water partition coefficient (Wildman–Crippen LogP) is 3.35. The molecule has 0 radical (unpaired) electrons. The van der Waals surface area contributed by atoms with E-state index < -0.39 is 10.0 Å². The van der Waals surface area contributed by atoms with Crippen LogP contribution in [0.15, 0.2) is 47.4 Å². The zero-order valence-electron chi connectivity index (χ0n) is 16.4. The highest BCUT2D eigenvalue weighted by molar-refractivity contribution is 7.89. The van der Waals surface area contributed by atoms with Crippen LogP contribution in [0.3, 0.4) is 0 Å². The Labute approximate surface area is 166 Å². The van der Waals surface area contributed by atoms with Crippen LogP contribution in [0.2, 0.25) is 0 Å². The van der Waals surface area contributed by atoms with Gasteiger partial charge < -0.3 is 10.1 Å². The van der Waals surface area contributed by atoms with Gasteiger partial charge in [-0.2, -0.15) is 4.31 Å². The predicted molar refractivity (Wildman–Crippen MR) is 109 cm³/mol. The summed E-state index contributed by atoms with van der Waals surface area (Å²) in [5, 5.41) is 2.94. The van der Waals surface area contributed by atoms with Crippen LogP contribution in [0, 0.1) is 19.8 Å². The zero-order valence-corrected chi connectivity index (χ0v) is 17.3. The number of anilines is 1. The molecule has 6 nitrogen and oxygen atoms in total. The number of amides is 1. The van der Waals surface area contributed by atoms with E-state index in [-0.39, 0.29) is 23.3 Å². The van der Waals surface area contributed by atoms with Gasteiger partial charge in [0.1, 0.15) is 5.75 Å². The molecule has 3 rings (SSSR count). The summed E-state index contributed by atoms with van der Waals surface area (Å²) in [7, 11) is -2.10. The fraction of sp³-hybridized carbons (Fsp3) is 0.381. The van der Waals surface area contributed by atoms with Crippen molar-refractivity contribution in [3.63, 3.8) is 0 Å². The van der Waals surface area contributed by atoms with Crippen molar-refractivity contribution in [3.05, 3.63) is 53.6 Å². The maximum atomic E-state index is 13.1. The standard InChI is InChI=1S/C21H26N2O4S/c1-15-7-4-5-9-19(15)22-21(24)17-8-6-12-23(14-17)28(25,26)18-10-11-20(27-3)16(2)13-18/h4-5,7,9-11,13,17H,6,8,12,14H2,1-3H3,(H,22,24)/t17-/m1/s1. The Kier molecular flexibility index (Phi) is 6.05. The largest absolute Gasteiger partial charge is 0.496 e. The van der Waals surface area contributed by atoms with Crippen LogP contribution in [0.5, 0.6) is 5.75 Å². The van der Waals surface area contributed by atoms with Gasteiger partial charge in [0.15, 0.2) is 0 Å². The average Bonchev–Trinajstić information content (AvgIpc) is 2.69. The summed E-state index contributed by atoms with van der Waals surface area (Å²) in [6.07, 6.45) is 1.33. The van der Waals surface area contributed by atoms with E-state index in [0.717, 1.165) is 16.8 Å². The minimum atomic E-state index is -3.66. The summed E-state index contributed by atoms with van der Waals surface area (Å²) in [6, 6.07) is 12.4. The van der Waals surface area contributed by atoms with Crippen molar-refractivity contribution in [3.8, 4) is 5.75 Å². The maximum absolute atomic E-state index is 13.1. The van der Waals surface area contributed by atoms with E-state index in [2.05, 4.69) is 5.32 Å². The lowest BCUT2D eigenvalue weighted by molar-refractivity contribution is -0.120. The van der Waals surface area contributed by atoms with Gasteiger partial charge in [-0.15, -0.1) is 0 Å². The molecule has 1 N–H and O–H groups in total. The number of benzene rings is 2. The molecular weight excluding hydrogens is 376 g/mol. The monoisotopic (exact) mass is 402 g/mol. The van der Waals surface area contributed by atoms with Gasteiger partial charge in [-0.05, 0) is 62.1 Å². The van der Waals surface area contributed by atoms with Gasteiger partial charge in [-0.3, -0.25) is 4.79 Å². The van der Waals surface area contributed by atoms with Crippen molar-refractivity contribution in [2.45, 2.75) is 31.6 Å². The fourth-order valence-electron chi connectivity index (χ4n) is 3.48. The molecule has 28 heavy (non-hydrogen) atoms. The lowest BCUT2D eigenvalue weighted by Gasteiger charge is -2.31. The number of carbonyl (C=O) groups is 1. The third kappa shape index (κ3) is 4.20. The topological polar surface area (TPSA) is 75.7 Å². The molecule has 7 heteroatoms. The van der Waals surface area contributed by atoms with E-state index in [1.807, 2.05) is 38.1 Å². The average molecular weight is 403 g/mol. The van der Waals surface area contributed by atoms with E-state index in [4.69, 9.17) is 4.74 Å². The number of para-hydroxylation sites is 1. The van der Waals surface area contributed by atoms with Crippen LogP contribution in [-0.4, -0.2) is 38.8 Å². The smallest absolute Gasteiger partial charge is 0.243 e. The van der Waals surface area contributed by atoms with Gasteiger partial charge >= 0.3 is 0 Å². The Morgan fingerprint density at radius 1 is 1.14 bits per heavy atom. The number of nitrogens with one attached hydrogen (secondary N) is 1. The third-order valence-corrected chi connectivity index (χ3v) is 7.02. The molecule has 1 fully saturated rings. The first-order valence-electron chi connectivity index (χ1n) is 9.34. The molecule has 2 aromatic rings. The molecular formula is C21H26N2O4S. The van der Waals surface area contributed by atoms with Gasteiger partial charge in [0, 0.05) is 18.8 Å². The van der Waals surface area contributed by atoms with Crippen LogP contribution >= 0.6 is 0 Å². The highest BCUT2D eigenvalue weighted by Gasteiger charge is 2.33. The molecule has 1 amide bonds. The fourth-order valence-corrected chi connectivity index (χ4v) is 5.09. The number of hydrogen-bond donors (Lipinski definition) is 1. The van der Waals surface area contributed by atoms with E-state index in [1.165, 1.54) is 4.31 Å². The number of aryl methyl sites for hydroxylation is 2. The molecule has 0 aromatic heterocycles. The van der Waals surface area contributed by atoms with Crippen LogP contribution in [0.4, 0.5) is 5.69 Å². The number of hydrogen-bond acceptors (Lipinski definition) is 4. The van der Waals surface area contributed by atoms with Crippen LogP contribution in [-0.2, 0) is 14.8 Å². The molecule has 1 aliphatic rings. The Balaban J connectivity index is 1.76. The second kappa shape index (κ2) is 8.32. The molecule has 1 aliphatic heterocycles. The summed E-state index contributed by atoms with van der Waals surface area (Å²) in [5.41, 5.74) is 2.50. The van der Waals surface area contributed by atoms with Crippen molar-refractivity contribution in [2.24, 2.45) is 5.92 Å². The maximum Gasteiger partial charge on any atom is 0.243 e. The SMILES string of the molecule is COc1ccc(S(=O)(=O)N2CCC[C@@H](C(=O)Nc3ccccc3C)C2)cc1C. The van der Waals surface area contributed by atoms with Crippen LogP contribution < -0.4 is 10.1 Å². The summed E-state index contributed by atoms with van der Waals surface area (Å²) >= 11 is 0. The van der Waals surface area contributed by atoms with E-state index in [1.54, 1.807) is 25.3 Å². The second-order valence-corrected chi connectivity index (χ2v) is 9.08. The molecule has 0 spiro atoms. The summed E-state index contributed by atoms with van der Waals surface area (Å²) in [6.45, 7) is 4.35. The van der Waals surface area contributed by atoms with Crippen molar-refractivity contribution in [1.29, 1.82) is 0 Å². The Bertz CT molecular complexity index is 972. The summed E-state index contributed by atoms with van der Waals surface area (Å²) in [5.74, 6) is 0.135. The molecule has 0 unspecified atom stereocenters. The summed E-state index contributed by atoms with van der Waals surface area (Å²) in [4.78, 5) is 12.9. The van der Waals surface area contributed by atoms with Gasteiger partial charge in [0.25, 0.3) is 0 Å². The minimum Gasteiger partial charge on any atom is -0.496 e. The number of rotatable bonds is 5. The lowest BCUT2D eigenvalue weighted by Crippen LogP contribution is -2.43. The van der Waals surface area contributed by atoms with Crippen molar-refractivity contribution in [1.82, 2.24) is 4.31 Å². The number of ether oxygens (including phenoxy) is 1. The van der Waals surface area contributed by atoms with Gasteiger partial charge in [-0.1, -0.05) is 18.2 Å². The van der Waals surface area contributed by atoms with E-state index >= 15 is 0 Å². The molecule has 0 aliphatic carbocycles. The molecule has 150 valence electrons. The van der Waals surface area contributed by atoms with Crippen molar-refractivity contribution in [2.75, 3.05) is 25.5 Å². The number of methoxy groups -OCH3 is 1. The van der Waals surface area contributed by atoms with Gasteiger partial charge in [0.2, 0.25) is 15.9 Å². The third-order valence-electron chi connectivity index (χ3n) is 5.16. The first-order valence-corrected chi connectivity index (χ1v) is 10.8. The molecule has 1 saturated heterocycles. The quantitative estimate of drug-likeness (QED) is 0.832. The van der Waals surface area contributed by atoms with Crippen LogP contribution in [0.25, 0.3) is 0 Å². The number of nitrogens with zero attached hydrogens (tertiary/aromatic N) is 1. The number of sulfonamides is 1. The highest BCUT2D eigenvalue weighted by Crippen LogP contribution is 2.28. The molecule has 1 atom stereocenters. The summed E-state index contributed by atoms with van der Waals surface area (Å²) < 4.78 is 32.8. The first-order chi connectivity index (χ1) is 13.3. The number of piperidine rings is 1. The Morgan fingerprint density at radius 3 is 2.57 bits per heavy atom. The molecule has 1 heterocycles. The van der Waals surface area contributed by atoms with Crippen LogP contribution in [0.1, 0.15) is 24.0 Å².